The minimum atomic E-state index is -0.372. The van der Waals surface area contributed by atoms with Gasteiger partial charge in [-0.2, -0.15) is 0 Å². The average Bonchev–Trinajstić information content (AvgIpc) is 2.67. The summed E-state index contributed by atoms with van der Waals surface area (Å²) in [5.74, 6) is 1.75. The van der Waals surface area contributed by atoms with Crippen LogP contribution in [-0.4, -0.2) is 56.7 Å². The maximum absolute atomic E-state index is 13.0. The summed E-state index contributed by atoms with van der Waals surface area (Å²) in [6, 6.07) is 4.42. The molecule has 0 amide bonds. The number of ketones is 1. The molecule has 1 aliphatic heterocycles. The summed E-state index contributed by atoms with van der Waals surface area (Å²) < 4.78 is 18.2. The van der Waals surface area contributed by atoms with Crippen LogP contribution in [0.2, 0.25) is 0 Å². The van der Waals surface area contributed by atoms with E-state index < -0.39 is 0 Å². The van der Waals surface area contributed by atoms with E-state index in [-0.39, 0.29) is 23.0 Å². The Hall–Kier alpha value is -1.59. The second-order valence-electron chi connectivity index (χ2n) is 8.27. The number of hydrogen-bond donors (Lipinski definition) is 0. The Kier molecular flexibility index (Phi) is 4.51. The van der Waals surface area contributed by atoms with Crippen LogP contribution < -0.4 is 9.47 Å². The number of rotatable bonds is 4. The van der Waals surface area contributed by atoms with Gasteiger partial charge in [-0.05, 0) is 51.4 Å². The highest BCUT2D eigenvalue weighted by Gasteiger charge is 2.69. The highest BCUT2D eigenvalue weighted by atomic mass is 16.5. The molecule has 2 fully saturated rings. The van der Waals surface area contributed by atoms with Crippen LogP contribution in [0, 0.1) is 5.92 Å². The van der Waals surface area contributed by atoms with Crippen LogP contribution >= 0.6 is 0 Å². The van der Waals surface area contributed by atoms with Crippen LogP contribution in [0.4, 0.5) is 0 Å². The third-order valence-electron chi connectivity index (χ3n) is 7.54. The summed E-state index contributed by atoms with van der Waals surface area (Å²) >= 11 is 0. The van der Waals surface area contributed by atoms with Gasteiger partial charge in [-0.15, -0.1) is 0 Å². The molecule has 0 aromatic heterocycles. The van der Waals surface area contributed by atoms with Gasteiger partial charge in [0.1, 0.15) is 5.78 Å². The van der Waals surface area contributed by atoms with E-state index in [1.165, 1.54) is 5.56 Å². The number of likely N-dealkylation sites (tertiary alicyclic amines) is 1. The number of likely N-dealkylation sites (N-methyl/N-ethyl adjacent to an activating group) is 1. The fraction of sp³-hybridized carbons (Fsp3) is 0.682. The van der Waals surface area contributed by atoms with E-state index in [2.05, 4.69) is 31.9 Å². The number of benzene rings is 1. The van der Waals surface area contributed by atoms with Gasteiger partial charge in [0.05, 0.1) is 19.8 Å². The highest BCUT2D eigenvalue weighted by Crippen LogP contribution is 2.63. The van der Waals surface area contributed by atoms with Gasteiger partial charge in [-0.3, -0.25) is 4.79 Å². The molecule has 5 nitrogen and oxygen atoms in total. The Morgan fingerprint density at radius 1 is 1.22 bits per heavy atom. The van der Waals surface area contributed by atoms with Crippen LogP contribution in [0.15, 0.2) is 12.1 Å². The van der Waals surface area contributed by atoms with Crippen molar-refractivity contribution in [1.82, 2.24) is 4.90 Å². The smallest absolute Gasteiger partial charge is 0.164 e. The van der Waals surface area contributed by atoms with Crippen LogP contribution in [0.3, 0.4) is 0 Å². The average molecular weight is 373 g/mol. The lowest BCUT2D eigenvalue weighted by Gasteiger charge is -2.66. The number of methoxy groups -OCH3 is 2. The number of ether oxygens (including phenoxy) is 3. The fourth-order valence-corrected chi connectivity index (χ4v) is 6.41. The van der Waals surface area contributed by atoms with Crippen molar-refractivity contribution in [1.29, 1.82) is 0 Å². The largest absolute Gasteiger partial charge is 0.493 e. The normalized spacial score (nSPS) is 35.4. The zero-order valence-corrected chi connectivity index (χ0v) is 17.1. The molecule has 1 unspecified atom stereocenters. The Morgan fingerprint density at radius 3 is 2.67 bits per heavy atom. The van der Waals surface area contributed by atoms with Crippen LogP contribution in [0.25, 0.3) is 0 Å². The first-order chi connectivity index (χ1) is 13.0. The molecule has 3 aliphatic rings. The molecule has 27 heavy (non-hydrogen) atoms. The molecule has 1 heterocycles. The molecular weight excluding hydrogens is 342 g/mol. The van der Waals surface area contributed by atoms with E-state index in [0.29, 0.717) is 18.8 Å². The van der Waals surface area contributed by atoms with Crippen molar-refractivity contribution < 1.29 is 19.0 Å². The lowest BCUT2D eigenvalue weighted by molar-refractivity contribution is -0.207. The van der Waals surface area contributed by atoms with Crippen molar-refractivity contribution in [3.05, 3.63) is 23.3 Å². The maximum atomic E-state index is 13.0. The minimum absolute atomic E-state index is 0.103. The van der Waals surface area contributed by atoms with Crippen LogP contribution in [0.5, 0.6) is 11.5 Å². The van der Waals surface area contributed by atoms with E-state index in [1.54, 1.807) is 14.2 Å². The van der Waals surface area contributed by atoms with E-state index in [4.69, 9.17) is 14.2 Å². The maximum Gasteiger partial charge on any atom is 0.164 e. The number of hydrogen-bond acceptors (Lipinski definition) is 5. The third kappa shape index (κ3) is 2.21. The lowest BCUT2D eigenvalue weighted by atomic mass is 9.45. The monoisotopic (exact) mass is 373 g/mol. The Morgan fingerprint density at radius 2 is 2.00 bits per heavy atom. The molecule has 4 atom stereocenters. The van der Waals surface area contributed by atoms with Crippen LogP contribution in [-0.2, 0) is 21.4 Å². The summed E-state index contributed by atoms with van der Waals surface area (Å²) in [5, 5.41) is 0. The van der Waals surface area contributed by atoms with Crippen LogP contribution in [0.1, 0.15) is 44.2 Å². The predicted octanol–water partition coefficient (Wildman–Crippen LogP) is 2.98. The first-order valence-electron chi connectivity index (χ1n) is 10.1. The molecule has 0 radical (unpaired) electrons. The van der Waals surface area contributed by atoms with Gasteiger partial charge in [-0.1, -0.05) is 13.0 Å². The molecule has 0 spiro atoms. The van der Waals surface area contributed by atoms with Gasteiger partial charge in [-0.25, -0.2) is 0 Å². The number of fused-ring (bicyclic) bond motifs is 1. The van der Waals surface area contributed by atoms with Crippen molar-refractivity contribution in [3.63, 3.8) is 0 Å². The highest BCUT2D eigenvalue weighted by molar-refractivity contribution is 5.85. The van der Waals surface area contributed by atoms with Gasteiger partial charge in [0.2, 0.25) is 0 Å². The van der Waals surface area contributed by atoms with Crippen molar-refractivity contribution in [2.24, 2.45) is 5.92 Å². The van der Waals surface area contributed by atoms with E-state index in [1.807, 2.05) is 6.07 Å². The van der Waals surface area contributed by atoms with Crippen molar-refractivity contribution in [2.45, 2.75) is 56.6 Å². The Bertz CT molecular complexity index is 763. The molecule has 1 saturated heterocycles. The zero-order chi connectivity index (χ0) is 19.4. The Balaban J connectivity index is 2.07. The second-order valence-corrected chi connectivity index (χ2v) is 8.27. The summed E-state index contributed by atoms with van der Waals surface area (Å²) in [6.07, 6.45) is 3.17. The molecule has 0 N–H and O–H groups in total. The zero-order valence-electron chi connectivity index (χ0n) is 17.1. The van der Waals surface area contributed by atoms with E-state index >= 15 is 0 Å². The van der Waals surface area contributed by atoms with E-state index in [9.17, 15) is 4.79 Å². The number of nitrogens with zero attached hydrogens (tertiary/aromatic N) is 1. The Labute approximate surface area is 162 Å². The molecule has 5 heteroatoms. The molecule has 1 aromatic rings. The third-order valence-corrected chi connectivity index (χ3v) is 7.54. The molecule has 2 bridgehead atoms. The van der Waals surface area contributed by atoms with Gasteiger partial charge in [0.25, 0.3) is 0 Å². The minimum Gasteiger partial charge on any atom is -0.493 e. The van der Waals surface area contributed by atoms with Gasteiger partial charge < -0.3 is 19.1 Å². The summed E-state index contributed by atoms with van der Waals surface area (Å²) in [5.41, 5.74) is 1.68. The standard InChI is InChI=1S/C22H31NO4/c1-6-27-22-10-9-16(24)14(2)21(22)11-12-23(3)18(22)13-15-7-8-17(25-4)20(26-5)19(15)21/h7-8,14,18H,6,9-13H2,1-5H3/t14?,18-,21-,22-/m1/s1. The number of Topliss-reactive ketones (excluding diaryl/α,β-unsaturated/α-hetero) is 1. The number of carbonyl (C=O) groups excluding carboxylic acids is 1. The first-order valence-corrected chi connectivity index (χ1v) is 10.1. The van der Waals surface area contributed by atoms with E-state index in [0.717, 1.165) is 42.9 Å². The van der Waals surface area contributed by atoms with Crippen molar-refractivity contribution in [3.8, 4) is 11.5 Å². The summed E-state index contributed by atoms with van der Waals surface area (Å²) in [7, 11) is 5.57. The molecule has 4 rings (SSSR count). The number of piperidine rings is 1. The second kappa shape index (κ2) is 6.49. The first kappa shape index (κ1) is 18.8. The topological polar surface area (TPSA) is 48.0 Å². The molecule has 148 valence electrons. The molecule has 1 saturated carbocycles. The quantitative estimate of drug-likeness (QED) is 0.812. The van der Waals surface area contributed by atoms with Crippen molar-refractivity contribution >= 4 is 5.78 Å². The number of carbonyl (C=O) groups is 1. The summed E-state index contributed by atoms with van der Waals surface area (Å²) in [4.78, 5) is 15.4. The van der Waals surface area contributed by atoms with Gasteiger partial charge in [0.15, 0.2) is 11.5 Å². The predicted molar refractivity (Wildman–Crippen MR) is 104 cm³/mol. The lowest BCUT2D eigenvalue weighted by Crippen LogP contribution is -2.75. The van der Waals surface area contributed by atoms with Crippen molar-refractivity contribution in [2.75, 3.05) is 34.4 Å². The van der Waals surface area contributed by atoms with Gasteiger partial charge in [0, 0.05) is 36.0 Å². The summed E-state index contributed by atoms with van der Waals surface area (Å²) in [6.45, 7) is 5.77. The molecule has 2 aliphatic carbocycles. The SMILES string of the molecule is CCO[C@@]12CCC(=O)C(C)[C@@]13CCN(C)[C@@H]2Cc1ccc(OC)c(OC)c13. The fourth-order valence-electron chi connectivity index (χ4n) is 6.41. The molecule has 1 aromatic carbocycles. The van der Waals surface area contributed by atoms with Gasteiger partial charge >= 0.3 is 0 Å². The molecular formula is C22H31NO4.